The molecule has 32 heavy (non-hydrogen) atoms. The van der Waals surface area contributed by atoms with Gasteiger partial charge in [0.05, 0.1) is 0 Å². The topological polar surface area (TPSA) is 87.2 Å². The second-order valence-electron chi connectivity index (χ2n) is 9.22. The summed E-state index contributed by atoms with van der Waals surface area (Å²) in [4.78, 5) is 28.5. The van der Waals surface area contributed by atoms with Gasteiger partial charge in [0.15, 0.2) is 0 Å². The van der Waals surface area contributed by atoms with Crippen LogP contribution in [-0.4, -0.2) is 79.4 Å². The summed E-state index contributed by atoms with van der Waals surface area (Å²) in [7, 11) is -3.52. The second kappa shape index (κ2) is 10.0. The molecule has 1 aromatic carbocycles. The molecule has 176 valence electrons. The number of sulfonamides is 1. The fourth-order valence-electron chi connectivity index (χ4n) is 3.87. The molecule has 0 saturated carbocycles. The Morgan fingerprint density at radius 1 is 0.938 bits per heavy atom. The molecule has 2 aliphatic rings. The molecule has 0 aromatic heterocycles. The summed E-state index contributed by atoms with van der Waals surface area (Å²) in [6.07, 6.45) is 2.25. The average molecular weight is 464 g/mol. The maximum Gasteiger partial charge on any atom is 0.410 e. The second-order valence-corrected chi connectivity index (χ2v) is 11.0. The third-order valence-electron chi connectivity index (χ3n) is 5.64. The number of ether oxygens (including phenoxy) is 1. The smallest absolute Gasteiger partial charge is 0.410 e. The fourth-order valence-corrected chi connectivity index (χ4v) is 5.09. The van der Waals surface area contributed by atoms with Crippen LogP contribution in [0.3, 0.4) is 0 Å². The zero-order valence-electron chi connectivity index (χ0n) is 19.1. The Balaban J connectivity index is 1.47. The molecule has 2 heterocycles. The number of carbonyl (C=O) groups is 2. The number of rotatable bonds is 4. The summed E-state index contributed by atoms with van der Waals surface area (Å²) in [5, 5.41) is 1.24. The van der Waals surface area contributed by atoms with Crippen LogP contribution in [0.1, 0.15) is 39.2 Å². The first-order chi connectivity index (χ1) is 15.0. The quantitative estimate of drug-likeness (QED) is 0.685. The van der Waals surface area contributed by atoms with Gasteiger partial charge in [-0.3, -0.25) is 4.79 Å². The van der Waals surface area contributed by atoms with Crippen molar-refractivity contribution in [2.24, 2.45) is 5.92 Å². The number of hydrogen-bond donors (Lipinski definition) is 0. The number of carbonyl (C=O) groups excluding carboxylic acids is 2. The molecule has 2 saturated heterocycles. The molecule has 0 spiro atoms. The highest BCUT2D eigenvalue weighted by molar-refractivity contribution is 7.92. The van der Waals surface area contributed by atoms with Crippen molar-refractivity contribution in [3.8, 4) is 0 Å². The molecule has 9 heteroatoms. The molecule has 2 amide bonds. The van der Waals surface area contributed by atoms with E-state index >= 15 is 0 Å². The molecule has 3 rings (SSSR count). The third-order valence-corrected chi connectivity index (χ3v) is 7.20. The van der Waals surface area contributed by atoms with Gasteiger partial charge < -0.3 is 14.5 Å². The molecule has 0 atom stereocenters. The van der Waals surface area contributed by atoms with Crippen LogP contribution in [0.25, 0.3) is 6.08 Å². The van der Waals surface area contributed by atoms with Crippen molar-refractivity contribution < 1.29 is 22.7 Å². The van der Waals surface area contributed by atoms with Crippen molar-refractivity contribution in [2.45, 2.75) is 39.2 Å². The molecular weight excluding hydrogens is 430 g/mol. The number of benzene rings is 1. The number of piperidine rings is 1. The Hall–Kier alpha value is -2.39. The largest absolute Gasteiger partial charge is 0.444 e. The minimum absolute atomic E-state index is 0.0470. The van der Waals surface area contributed by atoms with E-state index in [0.29, 0.717) is 52.1 Å². The van der Waals surface area contributed by atoms with E-state index in [4.69, 9.17) is 4.74 Å². The molecule has 0 N–H and O–H groups in total. The molecule has 0 aliphatic carbocycles. The maximum absolute atomic E-state index is 12.9. The van der Waals surface area contributed by atoms with E-state index in [2.05, 4.69) is 0 Å². The van der Waals surface area contributed by atoms with Crippen molar-refractivity contribution in [3.63, 3.8) is 0 Å². The predicted molar refractivity (Wildman–Crippen MR) is 123 cm³/mol. The van der Waals surface area contributed by atoms with E-state index < -0.39 is 15.6 Å². The number of hydrogen-bond acceptors (Lipinski definition) is 5. The maximum atomic E-state index is 12.9. The molecular formula is C23H33N3O5S. The van der Waals surface area contributed by atoms with Gasteiger partial charge in [-0.2, -0.15) is 4.31 Å². The molecule has 8 nitrogen and oxygen atoms in total. The lowest BCUT2D eigenvalue weighted by Crippen LogP contribution is -2.53. The van der Waals surface area contributed by atoms with E-state index in [9.17, 15) is 18.0 Å². The highest BCUT2D eigenvalue weighted by Crippen LogP contribution is 2.23. The highest BCUT2D eigenvalue weighted by Gasteiger charge is 2.34. The van der Waals surface area contributed by atoms with Gasteiger partial charge in [0, 0.05) is 50.6 Å². The van der Waals surface area contributed by atoms with Crippen LogP contribution in [0.5, 0.6) is 0 Å². The van der Waals surface area contributed by atoms with E-state index in [1.807, 2.05) is 51.1 Å². The van der Waals surface area contributed by atoms with Crippen LogP contribution in [0.15, 0.2) is 35.7 Å². The summed E-state index contributed by atoms with van der Waals surface area (Å²) in [6, 6.07) is 9.29. The monoisotopic (exact) mass is 463 g/mol. The Bertz CT molecular complexity index is 924. The molecule has 0 radical (unpaired) electrons. The van der Waals surface area contributed by atoms with E-state index in [1.54, 1.807) is 15.9 Å². The van der Waals surface area contributed by atoms with Crippen molar-refractivity contribution in [2.75, 3.05) is 39.3 Å². The van der Waals surface area contributed by atoms with Gasteiger partial charge in [0.25, 0.3) is 0 Å². The van der Waals surface area contributed by atoms with E-state index in [1.165, 1.54) is 9.71 Å². The Morgan fingerprint density at radius 2 is 1.50 bits per heavy atom. The van der Waals surface area contributed by atoms with Gasteiger partial charge in [-0.15, -0.1) is 0 Å². The first kappa shape index (κ1) is 24.3. The summed E-state index contributed by atoms with van der Waals surface area (Å²) >= 11 is 0. The molecule has 2 fully saturated rings. The van der Waals surface area contributed by atoms with Crippen LogP contribution in [0.2, 0.25) is 0 Å². The summed E-state index contributed by atoms with van der Waals surface area (Å²) in [6.45, 7) is 7.97. The lowest BCUT2D eigenvalue weighted by molar-refractivity contribution is -0.138. The standard InChI is InChI=1S/C23H33N3O5S/c1-23(2,3)31-22(28)25-16-14-24(15-17-25)21(27)20-9-12-26(13-10-20)32(29,30)18-11-19-7-5-4-6-8-19/h4-8,11,18,20H,9-10,12-17H2,1-3H3/b18-11+. The van der Waals surface area contributed by atoms with Crippen molar-refractivity contribution in [3.05, 3.63) is 41.3 Å². The van der Waals surface area contributed by atoms with Crippen molar-refractivity contribution >= 4 is 28.1 Å². The summed E-state index contributed by atoms with van der Waals surface area (Å²) in [5.41, 5.74) is 0.279. The zero-order valence-corrected chi connectivity index (χ0v) is 19.9. The Kier molecular flexibility index (Phi) is 7.61. The number of amides is 2. The highest BCUT2D eigenvalue weighted by atomic mass is 32.2. The van der Waals surface area contributed by atoms with E-state index in [0.717, 1.165) is 5.56 Å². The van der Waals surface area contributed by atoms with Gasteiger partial charge in [0.2, 0.25) is 15.9 Å². The van der Waals surface area contributed by atoms with Gasteiger partial charge >= 0.3 is 6.09 Å². The van der Waals surface area contributed by atoms with Gasteiger partial charge in [-0.1, -0.05) is 30.3 Å². The average Bonchev–Trinajstić information content (AvgIpc) is 2.77. The SMILES string of the molecule is CC(C)(C)OC(=O)N1CCN(C(=O)C2CCN(S(=O)(=O)/C=C/c3ccccc3)CC2)CC1. The summed E-state index contributed by atoms with van der Waals surface area (Å²) < 4.78 is 32.1. The van der Waals surface area contributed by atoms with Crippen molar-refractivity contribution in [1.82, 2.24) is 14.1 Å². The lowest BCUT2D eigenvalue weighted by atomic mass is 9.96. The van der Waals surface area contributed by atoms with Crippen LogP contribution in [0, 0.1) is 5.92 Å². The first-order valence-corrected chi connectivity index (χ1v) is 12.6. The van der Waals surface area contributed by atoms with Gasteiger partial charge in [-0.25, -0.2) is 13.2 Å². The number of piperazine rings is 1. The fraction of sp³-hybridized carbons (Fsp3) is 0.565. The van der Waals surface area contributed by atoms with Gasteiger partial charge in [-0.05, 0) is 45.3 Å². The predicted octanol–water partition coefficient (Wildman–Crippen LogP) is 2.78. The molecule has 0 unspecified atom stereocenters. The van der Waals surface area contributed by atoms with Crippen LogP contribution < -0.4 is 0 Å². The minimum atomic E-state index is -3.52. The lowest BCUT2D eigenvalue weighted by Gasteiger charge is -2.38. The zero-order chi connectivity index (χ0) is 23.4. The first-order valence-electron chi connectivity index (χ1n) is 11.1. The third kappa shape index (κ3) is 6.56. The van der Waals surface area contributed by atoms with Gasteiger partial charge in [0.1, 0.15) is 5.60 Å². The minimum Gasteiger partial charge on any atom is -0.444 e. The molecule has 0 bridgehead atoms. The molecule has 2 aliphatic heterocycles. The number of nitrogens with zero attached hydrogens (tertiary/aromatic N) is 3. The van der Waals surface area contributed by atoms with E-state index in [-0.39, 0.29) is 17.9 Å². The van der Waals surface area contributed by atoms with Crippen molar-refractivity contribution in [1.29, 1.82) is 0 Å². The van der Waals surface area contributed by atoms with Crippen LogP contribution >= 0.6 is 0 Å². The normalized spacial score (nSPS) is 19.3. The Labute approximate surface area is 190 Å². The molecule has 1 aromatic rings. The van der Waals surface area contributed by atoms with Crippen LogP contribution in [0.4, 0.5) is 4.79 Å². The van der Waals surface area contributed by atoms with Crippen LogP contribution in [-0.2, 0) is 19.6 Å². The summed E-state index contributed by atoms with van der Waals surface area (Å²) in [5.74, 6) is -0.140. The Morgan fingerprint density at radius 3 is 2.06 bits per heavy atom.